The number of hydrogen-bond donors (Lipinski definition) is 2. The maximum atomic E-state index is 12.8. The molecule has 0 radical (unpaired) electrons. The van der Waals surface area contributed by atoms with E-state index >= 15 is 0 Å². The van der Waals surface area contributed by atoms with Crippen molar-refractivity contribution in [2.45, 2.75) is 26.7 Å². The van der Waals surface area contributed by atoms with Crippen LogP contribution in [0.1, 0.15) is 34.6 Å². The summed E-state index contributed by atoms with van der Waals surface area (Å²) < 4.78 is 1.38. The molecule has 0 atom stereocenters. The average Bonchev–Trinajstić information content (AvgIpc) is 3.52. The molecule has 2 amide bonds. The van der Waals surface area contributed by atoms with E-state index in [9.17, 15) is 19.7 Å². The number of nitrogens with zero attached hydrogens (tertiary/aromatic N) is 4. The van der Waals surface area contributed by atoms with Gasteiger partial charge in [-0.25, -0.2) is 4.68 Å². The van der Waals surface area contributed by atoms with Crippen LogP contribution in [0.2, 0.25) is 0 Å². The van der Waals surface area contributed by atoms with Gasteiger partial charge in [0.1, 0.15) is 0 Å². The van der Waals surface area contributed by atoms with E-state index in [1.807, 2.05) is 13.0 Å². The van der Waals surface area contributed by atoms with Crippen LogP contribution < -0.4 is 10.6 Å². The van der Waals surface area contributed by atoms with E-state index < -0.39 is 10.8 Å². The highest BCUT2D eigenvalue weighted by Crippen LogP contribution is 2.31. The topological polar surface area (TPSA) is 132 Å². The molecule has 4 rings (SSSR count). The number of aromatic nitrogens is 3. The van der Waals surface area contributed by atoms with E-state index in [4.69, 9.17) is 0 Å². The van der Waals surface area contributed by atoms with Crippen LogP contribution in [-0.2, 0) is 4.79 Å². The van der Waals surface area contributed by atoms with E-state index in [0.29, 0.717) is 22.8 Å². The summed E-state index contributed by atoms with van der Waals surface area (Å²) in [4.78, 5) is 35.4. The third-order valence-electron chi connectivity index (χ3n) is 5.10. The number of carbonyl (C=O) groups excluding carboxylic acids is 2. The van der Waals surface area contributed by atoms with Crippen molar-refractivity contribution >= 4 is 28.9 Å². The van der Waals surface area contributed by atoms with Gasteiger partial charge in [-0.2, -0.15) is 0 Å². The summed E-state index contributed by atoms with van der Waals surface area (Å²) in [5.74, 6) is -0.411. The summed E-state index contributed by atoms with van der Waals surface area (Å²) in [5.41, 5.74) is 2.85. The lowest BCUT2D eigenvalue weighted by Crippen LogP contribution is -2.16. The zero-order valence-corrected chi connectivity index (χ0v) is 17.0. The molecule has 0 saturated heterocycles. The molecule has 0 spiro atoms. The van der Waals surface area contributed by atoms with Gasteiger partial charge in [-0.15, -0.1) is 5.10 Å². The van der Waals surface area contributed by atoms with Gasteiger partial charge in [-0.05, 0) is 50.5 Å². The third kappa shape index (κ3) is 4.27. The molecule has 10 heteroatoms. The van der Waals surface area contributed by atoms with Gasteiger partial charge < -0.3 is 10.6 Å². The molecule has 0 unspecified atom stereocenters. The minimum absolute atomic E-state index is 0.0168. The molecule has 1 heterocycles. The Labute approximate surface area is 177 Å². The second-order valence-corrected chi connectivity index (χ2v) is 7.46. The zero-order chi connectivity index (χ0) is 22.1. The zero-order valence-electron chi connectivity index (χ0n) is 17.0. The van der Waals surface area contributed by atoms with Crippen LogP contribution >= 0.6 is 0 Å². The van der Waals surface area contributed by atoms with Crippen molar-refractivity contribution in [1.82, 2.24) is 15.0 Å². The summed E-state index contributed by atoms with van der Waals surface area (Å²) in [6, 6.07) is 11.2. The van der Waals surface area contributed by atoms with Gasteiger partial charge in [0.25, 0.3) is 11.6 Å². The Hall–Kier alpha value is -4.08. The molecular formula is C21H20N6O4. The molecule has 10 nitrogen and oxygen atoms in total. The van der Waals surface area contributed by atoms with Crippen molar-refractivity contribution in [2.24, 2.45) is 5.92 Å². The fourth-order valence-corrected chi connectivity index (χ4v) is 3.13. The van der Waals surface area contributed by atoms with Crippen molar-refractivity contribution in [3.63, 3.8) is 0 Å². The quantitative estimate of drug-likeness (QED) is 0.464. The number of rotatable bonds is 6. The lowest BCUT2D eigenvalue weighted by atomic mass is 10.1. The van der Waals surface area contributed by atoms with Gasteiger partial charge in [0.05, 0.1) is 16.3 Å². The number of nitro benzene ring substituents is 1. The highest BCUT2D eigenvalue weighted by atomic mass is 16.6. The van der Waals surface area contributed by atoms with Crippen molar-refractivity contribution in [3.8, 4) is 5.69 Å². The van der Waals surface area contributed by atoms with E-state index in [0.717, 1.165) is 18.4 Å². The Balaban J connectivity index is 1.55. The second kappa shape index (κ2) is 7.98. The predicted octanol–water partition coefficient (Wildman–Crippen LogP) is 3.39. The first-order chi connectivity index (χ1) is 14.8. The van der Waals surface area contributed by atoms with Gasteiger partial charge >= 0.3 is 0 Å². The number of carbonyl (C=O) groups is 2. The summed E-state index contributed by atoms with van der Waals surface area (Å²) in [6.45, 7) is 3.50. The Bertz CT molecular complexity index is 1200. The molecule has 3 aromatic rings. The molecule has 2 N–H and O–H groups in total. The van der Waals surface area contributed by atoms with Gasteiger partial charge in [0.15, 0.2) is 5.69 Å². The lowest BCUT2D eigenvalue weighted by molar-refractivity contribution is -0.384. The maximum absolute atomic E-state index is 12.8. The molecule has 158 valence electrons. The first-order valence-corrected chi connectivity index (χ1v) is 9.73. The maximum Gasteiger partial charge on any atom is 0.278 e. The molecule has 2 aromatic carbocycles. The molecule has 1 aromatic heterocycles. The molecule has 31 heavy (non-hydrogen) atoms. The second-order valence-electron chi connectivity index (χ2n) is 7.46. The number of nitrogens with one attached hydrogen (secondary N) is 2. The minimum atomic E-state index is -0.499. The fourth-order valence-electron chi connectivity index (χ4n) is 3.13. The first-order valence-electron chi connectivity index (χ1n) is 9.73. The van der Waals surface area contributed by atoms with E-state index in [1.54, 1.807) is 31.2 Å². The fraction of sp³-hybridized carbons (Fsp3) is 0.238. The summed E-state index contributed by atoms with van der Waals surface area (Å²) in [6.07, 6.45) is 1.81. The molecule has 1 fully saturated rings. The van der Waals surface area contributed by atoms with Crippen molar-refractivity contribution in [2.75, 3.05) is 10.6 Å². The largest absolute Gasteiger partial charge is 0.326 e. The van der Waals surface area contributed by atoms with Crippen molar-refractivity contribution in [3.05, 3.63) is 69.5 Å². The number of aryl methyl sites for hydroxylation is 1. The number of benzene rings is 2. The van der Waals surface area contributed by atoms with Gasteiger partial charge in [-0.3, -0.25) is 19.7 Å². The van der Waals surface area contributed by atoms with Crippen LogP contribution in [0.4, 0.5) is 17.1 Å². The highest BCUT2D eigenvalue weighted by Gasteiger charge is 2.29. The third-order valence-corrected chi connectivity index (χ3v) is 5.10. The molecule has 0 aliphatic heterocycles. The van der Waals surface area contributed by atoms with Crippen LogP contribution in [0.15, 0.2) is 42.5 Å². The van der Waals surface area contributed by atoms with Crippen LogP contribution in [0.25, 0.3) is 5.69 Å². The monoisotopic (exact) mass is 420 g/mol. The Morgan fingerprint density at radius 1 is 1.13 bits per heavy atom. The minimum Gasteiger partial charge on any atom is -0.326 e. The number of anilines is 2. The van der Waals surface area contributed by atoms with Crippen LogP contribution in [0.5, 0.6) is 0 Å². The van der Waals surface area contributed by atoms with Crippen molar-refractivity contribution < 1.29 is 14.5 Å². The Morgan fingerprint density at radius 3 is 2.61 bits per heavy atom. The highest BCUT2D eigenvalue weighted by molar-refractivity contribution is 6.04. The SMILES string of the molecule is Cc1ccc(NC(=O)C2CC2)cc1NC(=O)c1nnn(-c2cccc([N+](=O)[O-])c2)c1C. The number of non-ortho nitro benzene ring substituents is 1. The van der Waals surface area contributed by atoms with Crippen molar-refractivity contribution in [1.29, 1.82) is 0 Å². The number of hydrogen-bond acceptors (Lipinski definition) is 6. The smallest absolute Gasteiger partial charge is 0.278 e. The van der Waals surface area contributed by atoms with Crippen LogP contribution in [0, 0.1) is 29.9 Å². The first kappa shape index (κ1) is 20.2. The summed E-state index contributed by atoms with van der Waals surface area (Å²) in [5, 5.41) is 24.6. The summed E-state index contributed by atoms with van der Waals surface area (Å²) >= 11 is 0. The summed E-state index contributed by atoms with van der Waals surface area (Å²) in [7, 11) is 0. The number of nitro groups is 1. The van der Waals surface area contributed by atoms with E-state index in [1.165, 1.54) is 16.8 Å². The average molecular weight is 420 g/mol. The van der Waals surface area contributed by atoms with Crippen LogP contribution in [0.3, 0.4) is 0 Å². The molecular weight excluding hydrogens is 400 g/mol. The van der Waals surface area contributed by atoms with Gasteiger partial charge in [0.2, 0.25) is 5.91 Å². The molecule has 0 bridgehead atoms. The molecule has 1 aliphatic carbocycles. The van der Waals surface area contributed by atoms with Gasteiger partial charge in [-0.1, -0.05) is 17.3 Å². The Morgan fingerprint density at radius 2 is 1.90 bits per heavy atom. The normalized spacial score (nSPS) is 13.0. The molecule has 1 aliphatic rings. The Kier molecular flexibility index (Phi) is 5.20. The van der Waals surface area contributed by atoms with Crippen LogP contribution in [-0.4, -0.2) is 31.7 Å². The van der Waals surface area contributed by atoms with E-state index in [2.05, 4.69) is 20.9 Å². The number of amides is 2. The lowest BCUT2D eigenvalue weighted by Gasteiger charge is -2.11. The standard InChI is InChI=1S/C21H20N6O4/c1-12-6-9-15(22-20(28)14-7-8-14)10-18(12)23-21(29)19-13(2)26(25-24-19)16-4-3-5-17(11-16)27(30)31/h3-6,9-11,14H,7-8H2,1-2H3,(H,22,28)(H,23,29). The van der Waals surface area contributed by atoms with E-state index in [-0.39, 0.29) is 23.2 Å². The van der Waals surface area contributed by atoms with Gasteiger partial charge in [0, 0.05) is 29.4 Å². The molecule has 1 saturated carbocycles. The predicted molar refractivity (Wildman–Crippen MR) is 113 cm³/mol.